The van der Waals surface area contributed by atoms with Gasteiger partial charge in [-0.05, 0) is 51.9 Å². The van der Waals surface area contributed by atoms with E-state index in [1.165, 1.54) is 0 Å². The van der Waals surface area contributed by atoms with E-state index in [0.29, 0.717) is 11.3 Å². The molecule has 0 fully saturated rings. The minimum absolute atomic E-state index is 0.674. The van der Waals surface area contributed by atoms with E-state index < -0.39 is 0 Å². The van der Waals surface area contributed by atoms with Crippen molar-refractivity contribution in [1.82, 2.24) is 19.5 Å². The van der Waals surface area contributed by atoms with Crippen LogP contribution in [0.3, 0.4) is 0 Å². The molecule has 18 heavy (non-hydrogen) atoms. The highest BCUT2D eigenvalue weighted by atomic mass is 79.9. The van der Waals surface area contributed by atoms with Gasteiger partial charge in [0.05, 0.1) is 12.1 Å². The highest BCUT2D eigenvalue weighted by Crippen LogP contribution is 2.17. The zero-order chi connectivity index (χ0) is 12.5. The molecule has 3 aromatic rings. The number of imidazole rings is 1. The van der Waals surface area contributed by atoms with Crippen molar-refractivity contribution in [1.29, 1.82) is 0 Å². The molecule has 0 saturated heterocycles. The quantitative estimate of drug-likeness (QED) is 0.737. The molecule has 1 N–H and O–H groups in total. The Kier molecular flexibility index (Phi) is 2.97. The Hall–Kier alpha value is -1.53. The van der Waals surface area contributed by atoms with Crippen LogP contribution in [0.2, 0.25) is 0 Å². The summed E-state index contributed by atoms with van der Waals surface area (Å²) in [5.74, 6) is 0. The van der Waals surface area contributed by atoms with Gasteiger partial charge in [0.2, 0.25) is 0 Å². The van der Waals surface area contributed by atoms with E-state index in [4.69, 9.17) is 12.2 Å². The number of H-pyrrole nitrogens is 1. The van der Waals surface area contributed by atoms with Crippen molar-refractivity contribution in [2.75, 3.05) is 0 Å². The van der Waals surface area contributed by atoms with Gasteiger partial charge in [-0.25, -0.2) is 4.98 Å². The maximum Gasteiger partial charge on any atom is 0.179 e. The molecule has 0 aliphatic carbocycles. The van der Waals surface area contributed by atoms with Gasteiger partial charge in [0.15, 0.2) is 10.4 Å². The van der Waals surface area contributed by atoms with Gasteiger partial charge in [-0.15, -0.1) is 0 Å². The third-order valence-electron chi connectivity index (χ3n) is 2.67. The summed E-state index contributed by atoms with van der Waals surface area (Å²) >= 11 is 8.73. The lowest BCUT2D eigenvalue weighted by atomic mass is 10.3. The van der Waals surface area contributed by atoms with Crippen molar-refractivity contribution in [3.8, 4) is 0 Å². The highest BCUT2D eigenvalue weighted by Gasteiger charge is 2.06. The molecule has 4 nitrogen and oxygen atoms in total. The monoisotopic (exact) mass is 320 g/mol. The van der Waals surface area contributed by atoms with Crippen LogP contribution in [0, 0.1) is 4.77 Å². The molecule has 0 unspecified atom stereocenters. The van der Waals surface area contributed by atoms with Gasteiger partial charge in [0.25, 0.3) is 0 Å². The third kappa shape index (κ3) is 2.09. The Morgan fingerprint density at radius 1 is 1.33 bits per heavy atom. The summed E-state index contributed by atoms with van der Waals surface area (Å²) in [5.41, 5.74) is 2.94. The second kappa shape index (κ2) is 4.62. The number of rotatable bonds is 2. The lowest BCUT2D eigenvalue weighted by Gasteiger charge is -2.03. The van der Waals surface area contributed by atoms with Gasteiger partial charge in [-0.1, -0.05) is 0 Å². The Bertz CT molecular complexity index is 748. The van der Waals surface area contributed by atoms with Gasteiger partial charge >= 0.3 is 0 Å². The molecule has 0 spiro atoms. The summed E-state index contributed by atoms with van der Waals surface area (Å²) in [6, 6.07) is 5.92. The average Bonchev–Trinajstić information content (AvgIpc) is 2.66. The van der Waals surface area contributed by atoms with Crippen LogP contribution in [-0.4, -0.2) is 19.5 Å². The molecule has 3 heterocycles. The Balaban J connectivity index is 2.12. The molecule has 3 rings (SSSR count). The molecule has 3 aromatic heterocycles. The van der Waals surface area contributed by atoms with Crippen molar-refractivity contribution in [2.24, 2.45) is 0 Å². The number of hydrogen-bond acceptors (Lipinski definition) is 3. The predicted octanol–water partition coefficient (Wildman–Crippen LogP) is 3.30. The number of aromatic nitrogens is 4. The molecule has 0 atom stereocenters. The van der Waals surface area contributed by atoms with Crippen LogP contribution in [0.25, 0.3) is 11.2 Å². The van der Waals surface area contributed by atoms with Gasteiger partial charge in [-0.2, -0.15) is 0 Å². The molecule has 0 aliphatic heterocycles. The van der Waals surface area contributed by atoms with E-state index in [1.807, 2.05) is 22.8 Å². The number of nitrogens with zero attached hydrogens (tertiary/aromatic N) is 3. The van der Waals surface area contributed by atoms with Crippen molar-refractivity contribution < 1.29 is 0 Å². The first kappa shape index (κ1) is 11.6. The van der Waals surface area contributed by atoms with Crippen molar-refractivity contribution in [3.63, 3.8) is 0 Å². The molecule has 6 heteroatoms. The molecular weight excluding hydrogens is 312 g/mol. The van der Waals surface area contributed by atoms with E-state index in [0.717, 1.165) is 21.2 Å². The molecule has 0 bridgehead atoms. The summed E-state index contributed by atoms with van der Waals surface area (Å²) in [6.45, 7) is 0.690. The number of fused-ring (bicyclic) bond motifs is 1. The Morgan fingerprint density at radius 2 is 2.11 bits per heavy atom. The van der Waals surface area contributed by atoms with Crippen LogP contribution < -0.4 is 0 Å². The zero-order valence-electron chi connectivity index (χ0n) is 9.30. The zero-order valence-corrected chi connectivity index (χ0v) is 11.7. The number of halogens is 1. The SMILES string of the molecule is S=c1[nH]c2cc(Br)cnc2n1Cc1ccncc1. The second-order valence-corrected chi connectivity index (χ2v) is 5.20. The molecule has 0 aliphatic rings. The van der Waals surface area contributed by atoms with E-state index in [1.54, 1.807) is 18.6 Å². The van der Waals surface area contributed by atoms with Crippen LogP contribution in [0.1, 0.15) is 5.56 Å². The number of nitrogens with one attached hydrogen (secondary N) is 1. The van der Waals surface area contributed by atoms with Crippen molar-refractivity contribution >= 4 is 39.3 Å². The third-order valence-corrected chi connectivity index (χ3v) is 3.42. The van der Waals surface area contributed by atoms with Crippen LogP contribution in [-0.2, 0) is 6.54 Å². The smallest absolute Gasteiger partial charge is 0.179 e. The average molecular weight is 321 g/mol. The molecule has 0 aromatic carbocycles. The van der Waals surface area contributed by atoms with E-state index in [2.05, 4.69) is 30.9 Å². The maximum atomic E-state index is 5.33. The molecule has 0 saturated carbocycles. The van der Waals surface area contributed by atoms with E-state index in [-0.39, 0.29) is 0 Å². The van der Waals surface area contributed by atoms with Crippen LogP contribution >= 0.6 is 28.1 Å². The van der Waals surface area contributed by atoms with Crippen LogP contribution in [0.5, 0.6) is 0 Å². The lowest BCUT2D eigenvalue weighted by molar-refractivity contribution is 0.799. The summed E-state index contributed by atoms with van der Waals surface area (Å²) in [4.78, 5) is 11.6. The standard InChI is InChI=1S/C12H9BrN4S/c13-9-5-10-11(15-6-9)17(12(18)16-10)7-8-1-3-14-4-2-8/h1-6H,7H2,(H,16,18). The highest BCUT2D eigenvalue weighted by molar-refractivity contribution is 9.10. The Labute approximate surface area is 117 Å². The number of pyridine rings is 2. The van der Waals surface area contributed by atoms with Gasteiger partial charge in [-0.3, -0.25) is 9.55 Å². The fourth-order valence-electron chi connectivity index (χ4n) is 1.84. The molecule has 90 valence electrons. The molecule has 0 radical (unpaired) electrons. The van der Waals surface area contributed by atoms with Crippen molar-refractivity contribution in [3.05, 3.63) is 51.6 Å². The first-order valence-corrected chi connectivity index (χ1v) is 6.57. The van der Waals surface area contributed by atoms with Gasteiger partial charge in [0.1, 0.15) is 0 Å². The second-order valence-electron chi connectivity index (χ2n) is 3.90. The van der Waals surface area contributed by atoms with E-state index >= 15 is 0 Å². The summed E-state index contributed by atoms with van der Waals surface area (Å²) in [5, 5.41) is 0. The Morgan fingerprint density at radius 3 is 2.89 bits per heavy atom. The molecular formula is C12H9BrN4S. The maximum absolute atomic E-state index is 5.33. The lowest BCUT2D eigenvalue weighted by Crippen LogP contribution is -2.00. The van der Waals surface area contributed by atoms with Gasteiger partial charge < -0.3 is 4.98 Å². The minimum atomic E-state index is 0.674. The van der Waals surface area contributed by atoms with Crippen molar-refractivity contribution in [2.45, 2.75) is 6.54 Å². The fourth-order valence-corrected chi connectivity index (χ4v) is 2.43. The predicted molar refractivity (Wildman–Crippen MR) is 76.0 cm³/mol. The summed E-state index contributed by atoms with van der Waals surface area (Å²) in [6.07, 6.45) is 5.32. The van der Waals surface area contributed by atoms with Crippen LogP contribution in [0.15, 0.2) is 41.3 Å². The normalized spacial score (nSPS) is 10.9. The number of aromatic amines is 1. The number of hydrogen-bond donors (Lipinski definition) is 1. The summed E-state index contributed by atoms with van der Waals surface area (Å²) < 4.78 is 3.58. The van der Waals surface area contributed by atoms with Crippen LogP contribution in [0.4, 0.5) is 0 Å². The first-order valence-electron chi connectivity index (χ1n) is 5.37. The van der Waals surface area contributed by atoms with Gasteiger partial charge in [0, 0.05) is 23.1 Å². The molecule has 0 amide bonds. The minimum Gasteiger partial charge on any atom is -0.329 e. The first-order chi connectivity index (χ1) is 8.74. The fraction of sp³-hybridized carbons (Fsp3) is 0.0833. The largest absolute Gasteiger partial charge is 0.329 e. The van der Waals surface area contributed by atoms with E-state index in [9.17, 15) is 0 Å². The topological polar surface area (TPSA) is 46.5 Å². The summed E-state index contributed by atoms with van der Waals surface area (Å²) in [7, 11) is 0.